The maximum absolute atomic E-state index is 11.5. The van der Waals surface area contributed by atoms with Gasteiger partial charge in [-0.3, -0.25) is 0 Å². The van der Waals surface area contributed by atoms with E-state index >= 15 is 0 Å². The summed E-state index contributed by atoms with van der Waals surface area (Å²) in [5.74, 6) is 1.64. The van der Waals surface area contributed by atoms with E-state index in [1.165, 1.54) is 19.1 Å². The number of furan rings is 1. The molecule has 0 N–H and O–H groups in total. The van der Waals surface area contributed by atoms with E-state index in [-0.39, 0.29) is 5.97 Å². The number of unbranched alkanes of at least 4 members (excludes halogenated alkanes) is 1. The first-order chi connectivity index (χ1) is 7.79. The molecule has 1 aromatic rings. The number of hydrogen-bond acceptors (Lipinski definition) is 4. The van der Waals surface area contributed by atoms with Crippen molar-refractivity contribution in [2.24, 2.45) is 0 Å². The van der Waals surface area contributed by atoms with Gasteiger partial charge in [0.1, 0.15) is 11.8 Å². The molecule has 90 valence electrons. The lowest BCUT2D eigenvalue weighted by molar-refractivity contribution is 0.0525. The quantitative estimate of drug-likeness (QED) is 0.542. The van der Waals surface area contributed by atoms with E-state index in [0.29, 0.717) is 12.2 Å². The highest BCUT2D eigenvalue weighted by Gasteiger charge is 2.14. The minimum Gasteiger partial charge on any atom is -0.471 e. The predicted molar refractivity (Wildman–Crippen MR) is 65.7 cm³/mol. The Morgan fingerprint density at radius 2 is 2.25 bits per heavy atom. The predicted octanol–water partition coefficient (Wildman–Crippen LogP) is 3.49. The summed E-state index contributed by atoms with van der Waals surface area (Å²) >= 11 is 1.82. The van der Waals surface area contributed by atoms with Crippen LogP contribution in [0.2, 0.25) is 0 Å². The van der Waals surface area contributed by atoms with Crippen LogP contribution in [0.4, 0.5) is 0 Å². The van der Waals surface area contributed by atoms with Crippen LogP contribution in [0.5, 0.6) is 0 Å². The van der Waals surface area contributed by atoms with Crippen LogP contribution in [-0.4, -0.2) is 18.3 Å². The molecule has 0 fully saturated rings. The highest BCUT2D eigenvalue weighted by atomic mass is 32.2. The molecule has 0 aromatic carbocycles. The molecular weight excluding hydrogens is 224 g/mol. The number of hydrogen-bond donors (Lipinski definition) is 0. The van der Waals surface area contributed by atoms with Gasteiger partial charge in [0.05, 0.1) is 12.9 Å². The third-order valence-electron chi connectivity index (χ3n) is 2.14. The molecule has 0 atom stereocenters. The van der Waals surface area contributed by atoms with E-state index in [9.17, 15) is 4.79 Å². The maximum Gasteiger partial charge on any atom is 0.341 e. The van der Waals surface area contributed by atoms with Crippen molar-refractivity contribution >= 4 is 17.7 Å². The molecule has 16 heavy (non-hydrogen) atoms. The number of ether oxygens (including phenoxy) is 1. The van der Waals surface area contributed by atoms with Gasteiger partial charge in [-0.2, -0.15) is 11.8 Å². The Labute approximate surface area is 101 Å². The van der Waals surface area contributed by atoms with Gasteiger partial charge in [-0.1, -0.05) is 13.3 Å². The van der Waals surface area contributed by atoms with Gasteiger partial charge in [0.25, 0.3) is 0 Å². The second kappa shape index (κ2) is 7.39. The normalized spacial score (nSPS) is 10.4. The lowest BCUT2D eigenvalue weighted by Gasteiger charge is -2.02. The molecule has 0 bridgehead atoms. The van der Waals surface area contributed by atoms with Gasteiger partial charge >= 0.3 is 5.97 Å². The number of carbonyl (C=O) groups excluding carboxylic acids is 1. The summed E-state index contributed by atoms with van der Waals surface area (Å²) in [7, 11) is 0. The highest BCUT2D eigenvalue weighted by Crippen LogP contribution is 2.19. The van der Waals surface area contributed by atoms with Crippen molar-refractivity contribution in [3.8, 4) is 0 Å². The molecule has 1 heterocycles. The molecular formula is C12H18O3S. The van der Waals surface area contributed by atoms with Crippen molar-refractivity contribution < 1.29 is 13.9 Å². The van der Waals surface area contributed by atoms with E-state index in [0.717, 1.165) is 17.1 Å². The van der Waals surface area contributed by atoms with E-state index in [1.54, 1.807) is 13.2 Å². The Hall–Kier alpha value is -0.900. The average Bonchev–Trinajstić information content (AvgIpc) is 2.73. The fourth-order valence-corrected chi connectivity index (χ4v) is 2.33. The zero-order valence-electron chi connectivity index (χ0n) is 9.82. The van der Waals surface area contributed by atoms with Crippen molar-refractivity contribution in [1.82, 2.24) is 0 Å². The molecule has 0 radical (unpaired) electrons. The largest absolute Gasteiger partial charge is 0.471 e. The van der Waals surface area contributed by atoms with E-state index in [2.05, 4.69) is 6.92 Å². The molecule has 3 nitrogen and oxygen atoms in total. The number of carbonyl (C=O) groups is 1. The maximum atomic E-state index is 11.5. The minimum atomic E-state index is -0.289. The van der Waals surface area contributed by atoms with Crippen LogP contribution in [0.3, 0.4) is 0 Å². The van der Waals surface area contributed by atoms with Crippen LogP contribution in [-0.2, 0) is 10.5 Å². The van der Waals surface area contributed by atoms with Crippen LogP contribution in [0.1, 0.15) is 42.6 Å². The van der Waals surface area contributed by atoms with E-state index in [1.807, 2.05) is 11.8 Å². The minimum absolute atomic E-state index is 0.289. The second-order valence-electron chi connectivity index (χ2n) is 3.44. The smallest absolute Gasteiger partial charge is 0.341 e. The second-order valence-corrected chi connectivity index (χ2v) is 4.54. The van der Waals surface area contributed by atoms with Crippen molar-refractivity contribution in [2.75, 3.05) is 12.4 Å². The summed E-state index contributed by atoms with van der Waals surface area (Å²) in [4.78, 5) is 11.5. The van der Waals surface area contributed by atoms with Gasteiger partial charge in [-0.15, -0.1) is 0 Å². The number of rotatable bonds is 7. The van der Waals surface area contributed by atoms with Crippen LogP contribution >= 0.6 is 11.8 Å². The standard InChI is InChI=1S/C12H18O3S/c1-3-5-6-16-9-10-7-14-8-11(10)12(13)15-4-2/h7-8H,3-6,9H2,1-2H3. The first-order valence-corrected chi connectivity index (χ1v) is 6.75. The Morgan fingerprint density at radius 3 is 2.94 bits per heavy atom. The van der Waals surface area contributed by atoms with E-state index in [4.69, 9.17) is 9.15 Å². The molecule has 0 spiro atoms. The number of thioether (sulfide) groups is 1. The SMILES string of the molecule is CCCCSCc1cocc1C(=O)OCC. The summed E-state index contributed by atoms with van der Waals surface area (Å²) < 4.78 is 10.0. The molecule has 0 aliphatic rings. The lowest BCUT2D eigenvalue weighted by atomic mass is 10.2. The monoisotopic (exact) mass is 242 g/mol. The molecule has 0 aliphatic heterocycles. The van der Waals surface area contributed by atoms with Crippen molar-refractivity contribution in [3.05, 3.63) is 23.7 Å². The van der Waals surface area contributed by atoms with Gasteiger partial charge in [-0.25, -0.2) is 4.79 Å². The first kappa shape index (κ1) is 13.2. The summed E-state index contributed by atoms with van der Waals surface area (Å²) in [6.07, 6.45) is 5.50. The Kier molecular flexibility index (Phi) is 6.08. The van der Waals surface area contributed by atoms with Gasteiger partial charge in [0.15, 0.2) is 0 Å². The number of esters is 1. The van der Waals surface area contributed by atoms with E-state index < -0.39 is 0 Å². The summed E-state index contributed by atoms with van der Waals surface area (Å²) in [6.45, 7) is 4.36. The molecule has 0 aliphatic carbocycles. The fraction of sp³-hybridized carbons (Fsp3) is 0.583. The zero-order chi connectivity index (χ0) is 11.8. The fourth-order valence-electron chi connectivity index (χ4n) is 1.25. The van der Waals surface area contributed by atoms with Gasteiger partial charge in [-0.05, 0) is 19.1 Å². The third-order valence-corrected chi connectivity index (χ3v) is 3.23. The Balaban J connectivity index is 2.47. The van der Waals surface area contributed by atoms with Crippen molar-refractivity contribution in [3.63, 3.8) is 0 Å². The van der Waals surface area contributed by atoms with Crippen LogP contribution < -0.4 is 0 Å². The van der Waals surface area contributed by atoms with Gasteiger partial charge in [0, 0.05) is 11.3 Å². The third kappa shape index (κ3) is 3.93. The van der Waals surface area contributed by atoms with Gasteiger partial charge in [0.2, 0.25) is 0 Å². The zero-order valence-corrected chi connectivity index (χ0v) is 10.6. The molecule has 4 heteroatoms. The molecule has 1 aromatic heterocycles. The summed E-state index contributed by atoms with van der Waals surface area (Å²) in [6, 6.07) is 0. The lowest BCUT2D eigenvalue weighted by Crippen LogP contribution is -2.05. The van der Waals surface area contributed by atoms with Crippen LogP contribution in [0.25, 0.3) is 0 Å². The van der Waals surface area contributed by atoms with Crippen molar-refractivity contribution in [1.29, 1.82) is 0 Å². The Morgan fingerprint density at radius 1 is 1.44 bits per heavy atom. The summed E-state index contributed by atoms with van der Waals surface area (Å²) in [5, 5.41) is 0. The molecule has 0 saturated heterocycles. The molecule has 0 saturated carbocycles. The topological polar surface area (TPSA) is 39.4 Å². The van der Waals surface area contributed by atoms with Crippen molar-refractivity contribution in [2.45, 2.75) is 32.4 Å². The first-order valence-electron chi connectivity index (χ1n) is 5.59. The average molecular weight is 242 g/mol. The molecule has 0 amide bonds. The molecule has 1 rings (SSSR count). The summed E-state index contributed by atoms with van der Waals surface area (Å²) in [5.41, 5.74) is 1.49. The molecule has 0 unspecified atom stereocenters. The van der Waals surface area contributed by atoms with Crippen LogP contribution in [0, 0.1) is 0 Å². The van der Waals surface area contributed by atoms with Gasteiger partial charge < -0.3 is 9.15 Å². The van der Waals surface area contributed by atoms with Crippen LogP contribution in [0.15, 0.2) is 16.9 Å². The Bertz CT molecular complexity index is 320. The highest BCUT2D eigenvalue weighted by molar-refractivity contribution is 7.98.